The molecule has 1 N–H and O–H groups in total. The third-order valence-electron chi connectivity index (χ3n) is 5.50. The molecule has 35 heavy (non-hydrogen) atoms. The lowest BCUT2D eigenvalue weighted by Gasteiger charge is -2.12. The fraction of sp³-hybridized carbons (Fsp3) is 0.200. The minimum atomic E-state index is -0.332. The maximum atomic E-state index is 13.8. The number of methoxy groups -OCH3 is 1. The van der Waals surface area contributed by atoms with Crippen molar-refractivity contribution in [1.29, 1.82) is 0 Å². The summed E-state index contributed by atoms with van der Waals surface area (Å²) in [4.78, 5) is 21.3. The lowest BCUT2D eigenvalue weighted by Crippen LogP contribution is -2.26. The Morgan fingerprint density at radius 1 is 1.06 bits per heavy atom. The van der Waals surface area contributed by atoms with Gasteiger partial charge in [0.25, 0.3) is 5.56 Å². The van der Waals surface area contributed by atoms with E-state index < -0.39 is 0 Å². The van der Waals surface area contributed by atoms with Gasteiger partial charge >= 0.3 is 0 Å². The molecule has 0 aliphatic carbocycles. The van der Waals surface area contributed by atoms with Crippen molar-refractivity contribution >= 4 is 27.6 Å². The molecule has 0 saturated carbocycles. The van der Waals surface area contributed by atoms with E-state index in [1.807, 2.05) is 24.4 Å². The molecule has 1 aromatic carbocycles. The van der Waals surface area contributed by atoms with E-state index in [-0.39, 0.29) is 11.4 Å². The molecule has 10 heteroatoms. The minimum absolute atomic E-state index is 0.228. The Kier molecular flexibility index (Phi) is 6.36. The summed E-state index contributed by atoms with van der Waals surface area (Å²) in [6.07, 6.45) is 5.14. The first kappa shape index (κ1) is 22.5. The fourth-order valence-electron chi connectivity index (χ4n) is 3.80. The summed E-state index contributed by atoms with van der Waals surface area (Å²) >= 11 is 0. The first-order chi connectivity index (χ1) is 17.1. The van der Waals surface area contributed by atoms with Crippen LogP contribution in [0.15, 0.2) is 71.9 Å². The molecular formula is C25H23FN6O3. The van der Waals surface area contributed by atoms with Crippen molar-refractivity contribution in [3.05, 3.63) is 83.3 Å². The second-order valence-corrected chi connectivity index (χ2v) is 7.81. The first-order valence-corrected chi connectivity index (χ1v) is 11.1. The molecule has 5 aromatic rings. The molecule has 0 atom stereocenters. The number of nitrogens with zero attached hydrogens (tertiary/aromatic N) is 5. The molecule has 0 bridgehead atoms. The number of ether oxygens (including phenoxy) is 2. The van der Waals surface area contributed by atoms with Crippen LogP contribution in [-0.4, -0.2) is 51.2 Å². The van der Waals surface area contributed by atoms with Gasteiger partial charge in [-0.15, -0.1) is 0 Å². The lowest BCUT2D eigenvalue weighted by atomic mass is 10.2. The van der Waals surface area contributed by atoms with E-state index >= 15 is 0 Å². The number of pyridine rings is 2. The van der Waals surface area contributed by atoms with Gasteiger partial charge in [-0.1, -0.05) is 0 Å². The van der Waals surface area contributed by atoms with Gasteiger partial charge < -0.3 is 14.8 Å². The highest BCUT2D eigenvalue weighted by molar-refractivity contribution is 5.87. The van der Waals surface area contributed by atoms with Crippen LogP contribution in [0.25, 0.3) is 27.8 Å². The molecule has 0 spiro atoms. The van der Waals surface area contributed by atoms with E-state index in [4.69, 9.17) is 9.47 Å². The molecule has 0 aliphatic rings. The van der Waals surface area contributed by atoms with E-state index in [1.165, 1.54) is 22.9 Å². The normalized spacial score (nSPS) is 11.3. The predicted molar refractivity (Wildman–Crippen MR) is 131 cm³/mol. The van der Waals surface area contributed by atoms with Crippen LogP contribution in [0.2, 0.25) is 0 Å². The summed E-state index contributed by atoms with van der Waals surface area (Å²) in [5.41, 5.74) is 2.62. The average Bonchev–Trinajstić information content (AvgIpc) is 3.28. The van der Waals surface area contributed by atoms with Crippen molar-refractivity contribution in [2.45, 2.75) is 6.54 Å². The monoisotopic (exact) mass is 474 g/mol. The van der Waals surface area contributed by atoms with Gasteiger partial charge in [0, 0.05) is 43.6 Å². The van der Waals surface area contributed by atoms with Crippen LogP contribution in [0.3, 0.4) is 0 Å². The topological polar surface area (TPSA) is 96.1 Å². The molecule has 5 rings (SSSR count). The highest BCUT2D eigenvalue weighted by Crippen LogP contribution is 2.23. The third kappa shape index (κ3) is 4.82. The average molecular weight is 474 g/mol. The molecule has 4 heterocycles. The SMILES string of the molecule is COCCOc1cnc2c(NCCn3nc(-n4ccc5ccc(F)cc54)ccc3=O)ccnc2c1. The Hall–Kier alpha value is -4.31. The molecule has 9 nitrogen and oxygen atoms in total. The number of hydrogen-bond acceptors (Lipinski definition) is 7. The Bertz CT molecular complexity index is 1550. The number of hydrogen-bond donors (Lipinski definition) is 1. The van der Waals surface area contributed by atoms with Crippen molar-refractivity contribution in [1.82, 2.24) is 24.3 Å². The number of fused-ring (bicyclic) bond motifs is 2. The summed E-state index contributed by atoms with van der Waals surface area (Å²) < 4.78 is 27.5. The molecule has 0 aliphatic heterocycles. The van der Waals surface area contributed by atoms with E-state index in [9.17, 15) is 9.18 Å². The van der Waals surface area contributed by atoms with Gasteiger partial charge in [0.15, 0.2) is 5.82 Å². The summed E-state index contributed by atoms with van der Waals surface area (Å²) in [6.45, 7) is 1.67. The fourth-order valence-corrected chi connectivity index (χ4v) is 3.80. The lowest BCUT2D eigenvalue weighted by molar-refractivity contribution is 0.146. The highest BCUT2D eigenvalue weighted by atomic mass is 19.1. The largest absolute Gasteiger partial charge is 0.489 e. The molecule has 0 amide bonds. The first-order valence-electron chi connectivity index (χ1n) is 11.1. The van der Waals surface area contributed by atoms with Crippen LogP contribution in [0.4, 0.5) is 10.1 Å². The zero-order valence-electron chi connectivity index (χ0n) is 19.0. The van der Waals surface area contributed by atoms with E-state index in [1.54, 1.807) is 36.2 Å². The van der Waals surface area contributed by atoms with Crippen LogP contribution in [0.1, 0.15) is 0 Å². The molecule has 178 valence electrons. The number of anilines is 1. The highest BCUT2D eigenvalue weighted by Gasteiger charge is 2.09. The van der Waals surface area contributed by atoms with Crippen LogP contribution < -0.4 is 15.6 Å². The molecular weight excluding hydrogens is 451 g/mol. The van der Waals surface area contributed by atoms with Gasteiger partial charge in [0.1, 0.15) is 23.7 Å². The van der Waals surface area contributed by atoms with Gasteiger partial charge in [-0.3, -0.25) is 14.3 Å². The van der Waals surface area contributed by atoms with Crippen LogP contribution >= 0.6 is 0 Å². The van der Waals surface area contributed by atoms with Crippen molar-refractivity contribution in [2.24, 2.45) is 0 Å². The standard InChI is InChI=1S/C25H23FN6O3/c1-34-12-13-35-19-15-21-25(29-16-19)20(6-8-27-21)28-9-11-32-24(33)5-4-23(30-32)31-10-7-17-2-3-18(26)14-22(17)31/h2-8,10,14-16H,9,11-13H2,1H3,(H,27,28). The van der Waals surface area contributed by atoms with Gasteiger partial charge in [0.05, 0.1) is 36.1 Å². The smallest absolute Gasteiger partial charge is 0.266 e. The number of benzene rings is 1. The van der Waals surface area contributed by atoms with E-state index in [2.05, 4.69) is 20.4 Å². The van der Waals surface area contributed by atoms with E-state index in [0.717, 1.165) is 11.1 Å². The summed E-state index contributed by atoms with van der Waals surface area (Å²) in [7, 11) is 1.62. The summed E-state index contributed by atoms with van der Waals surface area (Å²) in [5.74, 6) is 0.813. The van der Waals surface area contributed by atoms with Crippen molar-refractivity contribution < 1.29 is 13.9 Å². The molecule has 0 unspecified atom stereocenters. The minimum Gasteiger partial charge on any atom is -0.489 e. The second kappa shape index (κ2) is 9.90. The van der Waals surface area contributed by atoms with Crippen molar-refractivity contribution in [3.63, 3.8) is 0 Å². The number of aromatic nitrogens is 5. The maximum Gasteiger partial charge on any atom is 0.266 e. The van der Waals surface area contributed by atoms with Crippen LogP contribution in [-0.2, 0) is 11.3 Å². The van der Waals surface area contributed by atoms with Gasteiger partial charge in [-0.25, -0.2) is 14.1 Å². The molecule has 0 radical (unpaired) electrons. The summed E-state index contributed by atoms with van der Waals surface area (Å²) in [5, 5.41) is 8.68. The maximum absolute atomic E-state index is 13.8. The molecule has 0 saturated heterocycles. The van der Waals surface area contributed by atoms with E-state index in [0.29, 0.717) is 54.4 Å². The number of nitrogens with one attached hydrogen (secondary N) is 1. The van der Waals surface area contributed by atoms with Crippen molar-refractivity contribution in [2.75, 3.05) is 32.2 Å². The third-order valence-corrected chi connectivity index (χ3v) is 5.50. The molecule has 0 fully saturated rings. The van der Waals surface area contributed by atoms with Gasteiger partial charge in [-0.05, 0) is 36.4 Å². The second-order valence-electron chi connectivity index (χ2n) is 7.81. The molecule has 4 aromatic heterocycles. The van der Waals surface area contributed by atoms with Crippen molar-refractivity contribution in [3.8, 4) is 11.6 Å². The number of halogens is 1. The zero-order valence-corrected chi connectivity index (χ0v) is 19.0. The summed E-state index contributed by atoms with van der Waals surface area (Å²) in [6, 6.07) is 13.2. The zero-order chi connectivity index (χ0) is 24.2. The Morgan fingerprint density at radius 2 is 1.97 bits per heavy atom. The van der Waals surface area contributed by atoms with Gasteiger partial charge in [0.2, 0.25) is 0 Å². The number of rotatable bonds is 9. The van der Waals surface area contributed by atoms with Crippen LogP contribution in [0.5, 0.6) is 5.75 Å². The Morgan fingerprint density at radius 3 is 2.86 bits per heavy atom. The Labute approximate surface area is 199 Å². The Balaban J connectivity index is 1.32. The van der Waals surface area contributed by atoms with Gasteiger partial charge in [-0.2, -0.15) is 5.10 Å². The quantitative estimate of drug-likeness (QED) is 0.327. The predicted octanol–water partition coefficient (Wildman–Crippen LogP) is 3.41. The van der Waals surface area contributed by atoms with Crippen LogP contribution in [0, 0.1) is 5.82 Å².